The lowest BCUT2D eigenvalue weighted by Crippen LogP contribution is -2.32. The highest BCUT2D eigenvalue weighted by Crippen LogP contribution is 2.47. The molecule has 2 fully saturated rings. The number of hydrogen-bond donors (Lipinski definition) is 1. The van der Waals surface area contributed by atoms with Crippen molar-refractivity contribution < 1.29 is 9.18 Å². The number of pyridine rings is 1. The van der Waals surface area contributed by atoms with Crippen molar-refractivity contribution in [3.8, 4) is 0 Å². The number of hydrogen-bond acceptors (Lipinski definition) is 3. The van der Waals surface area contributed by atoms with Crippen LogP contribution in [0.15, 0.2) is 54.7 Å². The zero-order chi connectivity index (χ0) is 20.7. The monoisotopic (exact) mass is 423 g/mol. The van der Waals surface area contributed by atoms with E-state index in [-0.39, 0.29) is 11.7 Å². The third-order valence-electron chi connectivity index (χ3n) is 6.50. The van der Waals surface area contributed by atoms with Crippen molar-refractivity contribution >= 4 is 34.1 Å². The first kappa shape index (κ1) is 19.5. The van der Waals surface area contributed by atoms with Gasteiger partial charge in [-0.05, 0) is 84.7 Å². The van der Waals surface area contributed by atoms with Gasteiger partial charge in [0.1, 0.15) is 5.82 Å². The third-order valence-corrected chi connectivity index (χ3v) is 6.75. The van der Waals surface area contributed by atoms with Crippen LogP contribution < -0.4 is 5.32 Å². The van der Waals surface area contributed by atoms with Gasteiger partial charge in [0.25, 0.3) is 0 Å². The number of halogens is 2. The molecule has 1 aromatic heterocycles. The number of fused-ring (bicyclic) bond motifs is 2. The van der Waals surface area contributed by atoms with Crippen LogP contribution in [0.1, 0.15) is 24.3 Å². The van der Waals surface area contributed by atoms with Gasteiger partial charge in [-0.2, -0.15) is 0 Å². The third kappa shape index (κ3) is 3.92. The number of carbonyl (C=O) groups is 1. The minimum atomic E-state index is -0.215. The number of anilines is 1. The Kier molecular flexibility index (Phi) is 5.17. The fourth-order valence-corrected chi connectivity index (χ4v) is 5.34. The second kappa shape index (κ2) is 7.97. The number of amides is 1. The Hall–Kier alpha value is -2.50. The van der Waals surface area contributed by atoms with E-state index in [9.17, 15) is 9.18 Å². The Morgan fingerprint density at radius 2 is 1.83 bits per heavy atom. The molecule has 4 nitrogen and oxygen atoms in total. The van der Waals surface area contributed by atoms with E-state index < -0.39 is 0 Å². The summed E-state index contributed by atoms with van der Waals surface area (Å²) < 4.78 is 13.8. The van der Waals surface area contributed by atoms with Crippen LogP contribution in [0.4, 0.5) is 10.1 Å². The minimum absolute atomic E-state index is 0.00412. The number of aromatic nitrogens is 1. The molecule has 1 unspecified atom stereocenters. The molecule has 1 saturated carbocycles. The summed E-state index contributed by atoms with van der Waals surface area (Å²) in [6, 6.07) is 14.0. The summed E-state index contributed by atoms with van der Waals surface area (Å²) in [6.45, 7) is 2.28. The predicted molar refractivity (Wildman–Crippen MR) is 117 cm³/mol. The zero-order valence-electron chi connectivity index (χ0n) is 16.5. The van der Waals surface area contributed by atoms with Gasteiger partial charge < -0.3 is 5.32 Å². The molecule has 3 atom stereocenters. The normalized spacial score (nSPS) is 23.6. The molecule has 0 radical (unpaired) electrons. The number of nitrogens with one attached hydrogen (secondary N) is 1. The maximum atomic E-state index is 13.8. The van der Waals surface area contributed by atoms with E-state index in [1.807, 2.05) is 24.4 Å². The average Bonchev–Trinajstić information content (AvgIpc) is 3.27. The second-order valence-corrected chi connectivity index (χ2v) is 8.94. The molecule has 30 heavy (non-hydrogen) atoms. The van der Waals surface area contributed by atoms with Crippen molar-refractivity contribution in [2.24, 2.45) is 11.8 Å². The molecule has 0 bridgehead atoms. The Morgan fingerprint density at radius 3 is 2.57 bits per heavy atom. The van der Waals surface area contributed by atoms with Gasteiger partial charge in [0.2, 0.25) is 5.91 Å². The van der Waals surface area contributed by atoms with Crippen LogP contribution in [0.3, 0.4) is 0 Å². The molecule has 0 spiro atoms. The number of nitrogens with zero attached hydrogens (tertiary/aromatic N) is 2. The summed E-state index contributed by atoms with van der Waals surface area (Å²) in [5.41, 5.74) is 2.83. The molecular formula is C24H23ClFN3O. The Balaban J connectivity index is 1.21. The Bertz CT molecular complexity index is 1070. The van der Waals surface area contributed by atoms with Crippen molar-refractivity contribution in [1.82, 2.24) is 9.88 Å². The van der Waals surface area contributed by atoms with Crippen molar-refractivity contribution in [3.05, 3.63) is 71.1 Å². The molecule has 3 aromatic rings. The van der Waals surface area contributed by atoms with Gasteiger partial charge in [-0.3, -0.25) is 14.7 Å². The lowest BCUT2D eigenvalue weighted by Gasteiger charge is -2.19. The lowest BCUT2D eigenvalue weighted by atomic mass is 9.93. The van der Waals surface area contributed by atoms with Crippen molar-refractivity contribution in [1.29, 1.82) is 0 Å². The summed E-state index contributed by atoms with van der Waals surface area (Å²) in [4.78, 5) is 19.0. The minimum Gasteiger partial charge on any atom is -0.325 e. The highest BCUT2D eigenvalue weighted by atomic mass is 35.5. The van der Waals surface area contributed by atoms with Crippen molar-refractivity contribution in [2.45, 2.75) is 18.8 Å². The van der Waals surface area contributed by atoms with Crippen LogP contribution in [0.2, 0.25) is 5.02 Å². The summed E-state index contributed by atoms with van der Waals surface area (Å²) in [5.74, 6) is 1.37. The summed E-state index contributed by atoms with van der Waals surface area (Å²) >= 11 is 5.89. The Morgan fingerprint density at radius 1 is 1.10 bits per heavy atom. The zero-order valence-corrected chi connectivity index (χ0v) is 17.3. The standard InChI is InChI=1S/C24H23ClFN3O/c25-18-1-4-20(5-2-18)28-24(30)14-29-12-16-9-15(10-17(16)13-29)21-7-8-27-23-6-3-19(26)11-22(21)23/h1-8,11,15-17H,9-10,12-14H2,(H,28,30)/t15?,16-,17+. The van der Waals surface area contributed by atoms with E-state index in [0.717, 1.165) is 42.5 Å². The molecule has 2 heterocycles. The van der Waals surface area contributed by atoms with E-state index in [1.165, 1.54) is 11.6 Å². The number of likely N-dealkylation sites (tertiary alicyclic amines) is 1. The first-order chi connectivity index (χ1) is 14.5. The molecule has 2 aromatic carbocycles. The van der Waals surface area contributed by atoms with Gasteiger partial charge >= 0.3 is 0 Å². The van der Waals surface area contributed by atoms with Gasteiger partial charge in [-0.1, -0.05) is 11.6 Å². The van der Waals surface area contributed by atoms with Crippen LogP contribution in [-0.2, 0) is 4.79 Å². The van der Waals surface area contributed by atoms with E-state index in [4.69, 9.17) is 11.6 Å². The van der Waals surface area contributed by atoms with Gasteiger partial charge in [0.05, 0.1) is 12.1 Å². The van der Waals surface area contributed by atoms with E-state index in [0.29, 0.717) is 29.3 Å². The second-order valence-electron chi connectivity index (χ2n) is 8.50. The summed E-state index contributed by atoms with van der Waals surface area (Å²) in [5, 5.41) is 4.52. The van der Waals surface area contributed by atoms with Crippen LogP contribution in [0.25, 0.3) is 10.9 Å². The van der Waals surface area contributed by atoms with Gasteiger partial charge in [-0.25, -0.2) is 4.39 Å². The first-order valence-corrected chi connectivity index (χ1v) is 10.7. The molecular weight excluding hydrogens is 401 g/mol. The summed E-state index contributed by atoms with van der Waals surface area (Å²) in [6.07, 6.45) is 3.99. The molecule has 2 aliphatic rings. The topological polar surface area (TPSA) is 45.2 Å². The quantitative estimate of drug-likeness (QED) is 0.635. The predicted octanol–water partition coefficient (Wildman–Crippen LogP) is 5.09. The number of carbonyl (C=O) groups excluding carboxylic acids is 1. The van der Waals surface area contributed by atoms with Crippen LogP contribution in [-0.4, -0.2) is 35.4 Å². The number of benzene rings is 2. The average molecular weight is 424 g/mol. The SMILES string of the molecule is O=C(CN1C[C@H]2CC(c3ccnc4ccc(F)cc34)C[C@H]2C1)Nc1ccc(Cl)cc1. The fourth-order valence-electron chi connectivity index (χ4n) is 5.21. The fraction of sp³-hybridized carbons (Fsp3) is 0.333. The molecule has 1 N–H and O–H groups in total. The lowest BCUT2D eigenvalue weighted by molar-refractivity contribution is -0.117. The van der Waals surface area contributed by atoms with E-state index in [2.05, 4.69) is 15.2 Å². The molecule has 5 rings (SSSR count). The van der Waals surface area contributed by atoms with Crippen molar-refractivity contribution in [3.63, 3.8) is 0 Å². The molecule has 1 amide bonds. The Labute approximate surface area is 180 Å². The molecule has 1 saturated heterocycles. The van der Waals surface area contributed by atoms with Gasteiger partial charge in [0, 0.05) is 35.4 Å². The number of rotatable bonds is 4. The molecule has 1 aliphatic heterocycles. The highest BCUT2D eigenvalue weighted by molar-refractivity contribution is 6.30. The highest BCUT2D eigenvalue weighted by Gasteiger charge is 2.41. The maximum Gasteiger partial charge on any atom is 0.238 e. The van der Waals surface area contributed by atoms with E-state index in [1.54, 1.807) is 24.3 Å². The van der Waals surface area contributed by atoms with Crippen LogP contribution in [0.5, 0.6) is 0 Å². The smallest absolute Gasteiger partial charge is 0.238 e. The van der Waals surface area contributed by atoms with Gasteiger partial charge in [-0.15, -0.1) is 0 Å². The van der Waals surface area contributed by atoms with Gasteiger partial charge in [0.15, 0.2) is 0 Å². The van der Waals surface area contributed by atoms with Crippen molar-refractivity contribution in [2.75, 3.05) is 25.0 Å². The van der Waals surface area contributed by atoms with Crippen LogP contribution in [0, 0.1) is 17.7 Å². The first-order valence-electron chi connectivity index (χ1n) is 10.4. The summed E-state index contributed by atoms with van der Waals surface area (Å²) in [7, 11) is 0. The maximum absolute atomic E-state index is 13.8. The molecule has 154 valence electrons. The largest absolute Gasteiger partial charge is 0.325 e. The molecule has 6 heteroatoms. The van der Waals surface area contributed by atoms with Crippen LogP contribution >= 0.6 is 11.6 Å². The molecule has 1 aliphatic carbocycles. The van der Waals surface area contributed by atoms with E-state index >= 15 is 0 Å².